The third-order valence-corrected chi connectivity index (χ3v) is 5.39. The molecule has 19 heavy (non-hydrogen) atoms. The minimum absolute atomic E-state index is 0.0395. The van der Waals surface area contributed by atoms with Crippen LogP contribution < -0.4 is 5.73 Å². The Labute approximate surface area is 118 Å². The van der Waals surface area contributed by atoms with Gasteiger partial charge in [-0.05, 0) is 36.6 Å². The van der Waals surface area contributed by atoms with Crippen LogP contribution >= 0.6 is 0 Å². The van der Waals surface area contributed by atoms with Gasteiger partial charge in [0.05, 0.1) is 6.61 Å². The number of likely N-dealkylation sites (tertiary alicyclic amines) is 1. The van der Waals surface area contributed by atoms with E-state index in [0.717, 1.165) is 24.9 Å². The van der Waals surface area contributed by atoms with Crippen molar-refractivity contribution in [3.05, 3.63) is 0 Å². The number of fused-ring (bicyclic) bond motifs is 1. The van der Waals surface area contributed by atoms with Crippen molar-refractivity contribution in [3.63, 3.8) is 0 Å². The fourth-order valence-electron chi connectivity index (χ4n) is 3.96. The summed E-state index contributed by atoms with van der Waals surface area (Å²) in [6.45, 7) is 8.99. The van der Waals surface area contributed by atoms with Crippen molar-refractivity contribution in [2.45, 2.75) is 65.0 Å². The minimum Gasteiger partial charge on any atom is -0.395 e. The number of aliphatic hydroxyl groups is 1. The van der Waals surface area contributed by atoms with Crippen molar-refractivity contribution in [2.24, 2.45) is 23.0 Å². The first kappa shape index (κ1) is 15.3. The van der Waals surface area contributed by atoms with Gasteiger partial charge in [0.25, 0.3) is 0 Å². The third-order valence-electron chi connectivity index (χ3n) is 5.39. The van der Waals surface area contributed by atoms with Gasteiger partial charge in [-0.2, -0.15) is 0 Å². The van der Waals surface area contributed by atoms with E-state index >= 15 is 0 Å². The molecule has 0 aromatic heterocycles. The molecule has 1 saturated heterocycles. The lowest BCUT2D eigenvalue weighted by Gasteiger charge is -2.47. The van der Waals surface area contributed by atoms with E-state index in [2.05, 4.69) is 25.7 Å². The molecule has 2 rings (SSSR count). The van der Waals surface area contributed by atoms with E-state index in [4.69, 9.17) is 5.73 Å². The molecule has 4 atom stereocenters. The molecule has 1 heterocycles. The molecule has 0 radical (unpaired) electrons. The number of aliphatic hydroxyl groups excluding tert-OH is 1. The summed E-state index contributed by atoms with van der Waals surface area (Å²) in [7, 11) is 0. The average Bonchev–Trinajstić information content (AvgIpc) is 2.38. The molecule has 0 aromatic carbocycles. The van der Waals surface area contributed by atoms with Gasteiger partial charge in [-0.3, -0.25) is 4.90 Å². The summed E-state index contributed by atoms with van der Waals surface area (Å²) in [6, 6.07) is 0.167. The van der Waals surface area contributed by atoms with Crippen LogP contribution in [-0.4, -0.2) is 41.8 Å². The van der Waals surface area contributed by atoms with E-state index in [0.29, 0.717) is 0 Å². The summed E-state index contributed by atoms with van der Waals surface area (Å²) in [5, 5.41) is 9.79. The topological polar surface area (TPSA) is 49.5 Å². The van der Waals surface area contributed by atoms with E-state index in [1.54, 1.807) is 0 Å². The zero-order valence-electron chi connectivity index (χ0n) is 12.9. The molecule has 2 fully saturated rings. The highest BCUT2D eigenvalue weighted by Crippen LogP contribution is 2.37. The van der Waals surface area contributed by atoms with Crippen molar-refractivity contribution >= 4 is 0 Å². The second-order valence-electron chi connectivity index (χ2n) is 7.73. The lowest BCUT2D eigenvalue weighted by atomic mass is 9.74. The van der Waals surface area contributed by atoms with E-state index in [1.165, 1.54) is 32.1 Å². The summed E-state index contributed by atoms with van der Waals surface area (Å²) in [4.78, 5) is 2.47. The second kappa shape index (κ2) is 6.11. The molecule has 3 nitrogen and oxygen atoms in total. The van der Waals surface area contributed by atoms with Crippen molar-refractivity contribution < 1.29 is 5.11 Å². The normalized spacial score (nSPS) is 32.7. The van der Waals surface area contributed by atoms with Crippen molar-refractivity contribution in [1.29, 1.82) is 0 Å². The molecule has 0 bridgehead atoms. The zero-order chi connectivity index (χ0) is 14.0. The molecule has 3 N–H and O–H groups in total. The van der Waals surface area contributed by atoms with Crippen LogP contribution in [0.3, 0.4) is 0 Å². The summed E-state index contributed by atoms with van der Waals surface area (Å²) < 4.78 is 0. The second-order valence-corrected chi connectivity index (χ2v) is 7.73. The maximum absolute atomic E-state index is 9.79. The molecule has 1 aliphatic carbocycles. The molecule has 0 amide bonds. The van der Waals surface area contributed by atoms with E-state index in [-0.39, 0.29) is 24.1 Å². The molecule has 0 spiro atoms. The molecular weight excluding hydrogens is 236 g/mol. The zero-order valence-corrected chi connectivity index (χ0v) is 12.9. The largest absolute Gasteiger partial charge is 0.395 e. The van der Waals surface area contributed by atoms with Gasteiger partial charge >= 0.3 is 0 Å². The van der Waals surface area contributed by atoms with Gasteiger partial charge in [-0.1, -0.05) is 40.0 Å². The first-order chi connectivity index (χ1) is 8.93. The molecular formula is C16H32N2O. The van der Waals surface area contributed by atoms with E-state index in [9.17, 15) is 5.11 Å². The SMILES string of the molecule is CC(C)(C)C(N)C(CO)N1CCC2CCCCC2C1. The Morgan fingerprint density at radius 2 is 1.79 bits per heavy atom. The average molecular weight is 268 g/mol. The highest BCUT2D eigenvalue weighted by atomic mass is 16.3. The van der Waals surface area contributed by atoms with Crippen molar-refractivity contribution in [1.82, 2.24) is 4.90 Å². The van der Waals surface area contributed by atoms with Crippen LogP contribution in [0.5, 0.6) is 0 Å². The Bertz CT molecular complexity index is 287. The highest BCUT2D eigenvalue weighted by Gasteiger charge is 2.38. The number of nitrogens with zero attached hydrogens (tertiary/aromatic N) is 1. The van der Waals surface area contributed by atoms with Crippen LogP contribution in [0, 0.1) is 17.3 Å². The number of rotatable bonds is 3. The molecule has 112 valence electrons. The number of piperidine rings is 1. The van der Waals surface area contributed by atoms with Gasteiger partial charge in [0.2, 0.25) is 0 Å². The van der Waals surface area contributed by atoms with Crippen molar-refractivity contribution in [3.8, 4) is 0 Å². The molecule has 4 unspecified atom stereocenters. The molecule has 0 aromatic rings. The van der Waals surface area contributed by atoms with Gasteiger partial charge in [0.15, 0.2) is 0 Å². The van der Waals surface area contributed by atoms with Gasteiger partial charge in [-0.15, -0.1) is 0 Å². The number of hydrogen-bond donors (Lipinski definition) is 2. The Kier molecular flexibility index (Phi) is 4.91. The first-order valence-electron chi connectivity index (χ1n) is 8.04. The van der Waals surface area contributed by atoms with Crippen LogP contribution in [0.4, 0.5) is 0 Å². The highest BCUT2D eigenvalue weighted by molar-refractivity contribution is 4.93. The van der Waals surface area contributed by atoms with Gasteiger partial charge in [0, 0.05) is 18.6 Å². The molecule has 1 saturated carbocycles. The third kappa shape index (κ3) is 3.50. The molecule has 1 aliphatic heterocycles. The minimum atomic E-state index is 0.0395. The van der Waals surface area contributed by atoms with Crippen LogP contribution in [0.25, 0.3) is 0 Å². The first-order valence-corrected chi connectivity index (χ1v) is 8.04. The lowest BCUT2D eigenvalue weighted by Crippen LogP contribution is -2.58. The smallest absolute Gasteiger partial charge is 0.0602 e. The molecule has 3 heteroatoms. The summed E-state index contributed by atoms with van der Waals surface area (Å²) in [5.74, 6) is 1.79. The van der Waals surface area contributed by atoms with Crippen LogP contribution in [0.1, 0.15) is 52.9 Å². The Morgan fingerprint density at radius 3 is 2.37 bits per heavy atom. The van der Waals surface area contributed by atoms with Crippen LogP contribution in [0.15, 0.2) is 0 Å². The Balaban J connectivity index is 2.00. The number of hydrogen-bond acceptors (Lipinski definition) is 3. The van der Waals surface area contributed by atoms with Crippen LogP contribution in [0.2, 0.25) is 0 Å². The summed E-state index contributed by atoms with van der Waals surface area (Å²) in [6.07, 6.45) is 6.92. The fraction of sp³-hybridized carbons (Fsp3) is 1.00. The predicted molar refractivity (Wildman–Crippen MR) is 79.9 cm³/mol. The maximum atomic E-state index is 9.79. The monoisotopic (exact) mass is 268 g/mol. The van der Waals surface area contributed by atoms with Gasteiger partial charge < -0.3 is 10.8 Å². The van der Waals surface area contributed by atoms with Gasteiger partial charge in [0.1, 0.15) is 0 Å². The summed E-state index contributed by atoms with van der Waals surface area (Å²) >= 11 is 0. The Hall–Kier alpha value is -0.120. The van der Waals surface area contributed by atoms with Crippen molar-refractivity contribution in [2.75, 3.05) is 19.7 Å². The predicted octanol–water partition coefficient (Wildman–Crippen LogP) is 2.23. The summed E-state index contributed by atoms with van der Waals surface area (Å²) in [5.41, 5.74) is 6.46. The van der Waals surface area contributed by atoms with E-state index < -0.39 is 0 Å². The maximum Gasteiger partial charge on any atom is 0.0602 e. The standard InChI is InChI=1S/C16H32N2O/c1-16(2,3)15(17)14(11-19)18-9-8-12-6-4-5-7-13(12)10-18/h12-15,19H,4-11,17H2,1-3H3. The van der Waals surface area contributed by atoms with E-state index in [1.807, 2.05) is 0 Å². The lowest BCUT2D eigenvalue weighted by molar-refractivity contribution is 0.00957. The quantitative estimate of drug-likeness (QED) is 0.825. The Morgan fingerprint density at radius 1 is 1.16 bits per heavy atom. The van der Waals surface area contributed by atoms with Crippen LogP contribution in [-0.2, 0) is 0 Å². The molecule has 2 aliphatic rings. The van der Waals surface area contributed by atoms with Gasteiger partial charge in [-0.25, -0.2) is 0 Å². The fourth-order valence-corrected chi connectivity index (χ4v) is 3.96. The number of nitrogens with two attached hydrogens (primary N) is 1.